The number of fused-ring (bicyclic) bond motifs is 3. The van der Waals surface area contributed by atoms with Crippen molar-refractivity contribution in [3.8, 4) is 22.3 Å². The molecule has 4 aromatic rings. The highest BCUT2D eigenvalue weighted by atomic mass is 14.9. The van der Waals surface area contributed by atoms with Gasteiger partial charge in [0.2, 0.25) is 0 Å². The molecule has 5 rings (SSSR count). The standard InChI is InChI=1S/C30H29N/c1-29(2)27-13-9-8-12-25(27)26-19-18-24(20-28(26)30(29,3)4)31-23-16-14-22(15-17-23)21-10-6-5-7-11-21/h5-20,31H,1-4H3. The summed E-state index contributed by atoms with van der Waals surface area (Å²) in [6, 6.07) is 34.9. The number of hydrogen-bond donors (Lipinski definition) is 1. The summed E-state index contributed by atoms with van der Waals surface area (Å²) in [6.45, 7) is 9.49. The van der Waals surface area contributed by atoms with Gasteiger partial charge in [-0.25, -0.2) is 0 Å². The SMILES string of the molecule is CC1(C)c2ccccc2-c2ccc(Nc3ccc(-c4ccccc4)cc3)cc2C1(C)C. The van der Waals surface area contributed by atoms with Crippen molar-refractivity contribution in [1.29, 1.82) is 0 Å². The Morgan fingerprint density at radius 1 is 0.484 bits per heavy atom. The monoisotopic (exact) mass is 403 g/mol. The first-order valence-electron chi connectivity index (χ1n) is 11.0. The molecule has 1 heteroatoms. The first-order chi connectivity index (χ1) is 14.9. The molecule has 1 nitrogen and oxygen atoms in total. The van der Waals surface area contributed by atoms with Crippen LogP contribution in [0.3, 0.4) is 0 Å². The second-order valence-corrected chi connectivity index (χ2v) is 9.62. The number of nitrogens with one attached hydrogen (secondary N) is 1. The summed E-state index contributed by atoms with van der Waals surface area (Å²) in [6.07, 6.45) is 0. The minimum absolute atomic E-state index is 0.0194. The van der Waals surface area contributed by atoms with E-state index in [9.17, 15) is 0 Å². The van der Waals surface area contributed by atoms with Crippen LogP contribution in [0.5, 0.6) is 0 Å². The predicted molar refractivity (Wildman–Crippen MR) is 133 cm³/mol. The van der Waals surface area contributed by atoms with Crippen LogP contribution in [0.4, 0.5) is 11.4 Å². The topological polar surface area (TPSA) is 12.0 Å². The van der Waals surface area contributed by atoms with Crippen molar-refractivity contribution in [2.75, 3.05) is 5.32 Å². The molecule has 0 amide bonds. The molecule has 0 heterocycles. The smallest absolute Gasteiger partial charge is 0.0387 e. The van der Waals surface area contributed by atoms with Crippen LogP contribution in [0.1, 0.15) is 38.8 Å². The number of anilines is 2. The van der Waals surface area contributed by atoms with Crippen LogP contribution < -0.4 is 5.32 Å². The summed E-state index contributed by atoms with van der Waals surface area (Å²) in [5, 5.41) is 3.62. The molecule has 0 fully saturated rings. The van der Waals surface area contributed by atoms with Gasteiger partial charge in [0.1, 0.15) is 0 Å². The van der Waals surface area contributed by atoms with Gasteiger partial charge in [-0.3, -0.25) is 0 Å². The lowest BCUT2D eigenvalue weighted by Crippen LogP contribution is -2.43. The van der Waals surface area contributed by atoms with Gasteiger partial charge < -0.3 is 5.32 Å². The molecule has 0 bridgehead atoms. The van der Waals surface area contributed by atoms with E-state index in [0.29, 0.717) is 0 Å². The van der Waals surface area contributed by atoms with Crippen molar-refractivity contribution in [2.45, 2.75) is 38.5 Å². The molecule has 1 aliphatic carbocycles. The highest BCUT2D eigenvalue weighted by Crippen LogP contribution is 2.54. The van der Waals surface area contributed by atoms with E-state index in [4.69, 9.17) is 0 Å². The lowest BCUT2D eigenvalue weighted by Gasteiger charge is -2.48. The second kappa shape index (κ2) is 7.13. The van der Waals surface area contributed by atoms with E-state index < -0.39 is 0 Å². The number of hydrogen-bond acceptors (Lipinski definition) is 1. The first-order valence-corrected chi connectivity index (χ1v) is 11.0. The Bertz CT molecular complexity index is 1230. The quantitative estimate of drug-likeness (QED) is 0.362. The van der Waals surface area contributed by atoms with Crippen LogP contribution in [-0.4, -0.2) is 0 Å². The van der Waals surface area contributed by atoms with Gasteiger partial charge >= 0.3 is 0 Å². The van der Waals surface area contributed by atoms with E-state index in [1.807, 2.05) is 0 Å². The van der Waals surface area contributed by atoms with Gasteiger partial charge in [-0.15, -0.1) is 0 Å². The van der Waals surface area contributed by atoms with Crippen LogP contribution in [0.2, 0.25) is 0 Å². The number of rotatable bonds is 3. The van der Waals surface area contributed by atoms with E-state index in [0.717, 1.165) is 11.4 Å². The van der Waals surface area contributed by atoms with E-state index in [-0.39, 0.29) is 10.8 Å². The lowest BCUT2D eigenvalue weighted by atomic mass is 9.55. The molecule has 1 N–H and O–H groups in total. The van der Waals surface area contributed by atoms with E-state index in [2.05, 4.69) is 130 Å². The van der Waals surface area contributed by atoms with Crippen molar-refractivity contribution in [3.05, 3.63) is 108 Å². The van der Waals surface area contributed by atoms with E-state index in [1.54, 1.807) is 0 Å². The van der Waals surface area contributed by atoms with Crippen molar-refractivity contribution < 1.29 is 0 Å². The maximum Gasteiger partial charge on any atom is 0.0387 e. The molecule has 0 aromatic heterocycles. The third kappa shape index (κ3) is 3.16. The summed E-state index contributed by atoms with van der Waals surface area (Å²) in [5.74, 6) is 0. The molecule has 0 saturated carbocycles. The van der Waals surface area contributed by atoms with Gasteiger partial charge in [0.25, 0.3) is 0 Å². The predicted octanol–water partition coefficient (Wildman–Crippen LogP) is 8.33. The Morgan fingerprint density at radius 3 is 1.77 bits per heavy atom. The zero-order chi connectivity index (χ0) is 21.6. The number of benzene rings is 4. The molecule has 0 unspecified atom stereocenters. The van der Waals surface area contributed by atoms with Crippen molar-refractivity contribution in [1.82, 2.24) is 0 Å². The molecule has 0 radical (unpaired) electrons. The van der Waals surface area contributed by atoms with Crippen LogP contribution >= 0.6 is 0 Å². The molecule has 0 saturated heterocycles. The molecule has 154 valence electrons. The maximum atomic E-state index is 3.62. The highest BCUT2D eigenvalue weighted by Gasteiger charge is 2.45. The minimum atomic E-state index is 0.0194. The van der Waals surface area contributed by atoms with Gasteiger partial charge in [0.15, 0.2) is 0 Å². The molecular weight excluding hydrogens is 374 g/mol. The Labute approximate surface area is 185 Å². The molecule has 4 aromatic carbocycles. The molecule has 0 atom stereocenters. The minimum Gasteiger partial charge on any atom is -0.356 e. The Balaban J connectivity index is 1.50. The summed E-state index contributed by atoms with van der Waals surface area (Å²) in [7, 11) is 0. The summed E-state index contributed by atoms with van der Waals surface area (Å²) >= 11 is 0. The third-order valence-electron chi connectivity index (χ3n) is 7.43. The normalized spacial score (nSPS) is 15.6. The highest BCUT2D eigenvalue weighted by molar-refractivity contribution is 5.80. The van der Waals surface area contributed by atoms with Crippen molar-refractivity contribution in [2.24, 2.45) is 0 Å². The summed E-state index contributed by atoms with van der Waals surface area (Å²) in [4.78, 5) is 0. The van der Waals surface area contributed by atoms with Crippen molar-refractivity contribution >= 4 is 11.4 Å². The molecular formula is C30H29N. The van der Waals surface area contributed by atoms with Gasteiger partial charge in [-0.05, 0) is 68.5 Å². The van der Waals surface area contributed by atoms with Crippen LogP contribution in [0.15, 0.2) is 97.1 Å². The fourth-order valence-electron chi connectivity index (χ4n) is 4.85. The molecule has 0 aliphatic heterocycles. The van der Waals surface area contributed by atoms with Crippen LogP contribution in [-0.2, 0) is 10.8 Å². The van der Waals surface area contributed by atoms with Gasteiger partial charge in [0, 0.05) is 11.4 Å². The fourth-order valence-corrected chi connectivity index (χ4v) is 4.85. The molecule has 1 aliphatic rings. The largest absolute Gasteiger partial charge is 0.356 e. The average Bonchev–Trinajstić information content (AvgIpc) is 2.79. The Hall–Kier alpha value is -3.32. The molecule has 0 spiro atoms. The van der Waals surface area contributed by atoms with Crippen molar-refractivity contribution in [3.63, 3.8) is 0 Å². The van der Waals surface area contributed by atoms with Crippen LogP contribution in [0.25, 0.3) is 22.3 Å². The third-order valence-corrected chi connectivity index (χ3v) is 7.43. The average molecular weight is 404 g/mol. The van der Waals surface area contributed by atoms with Gasteiger partial charge in [-0.2, -0.15) is 0 Å². The maximum absolute atomic E-state index is 3.62. The zero-order valence-corrected chi connectivity index (χ0v) is 18.7. The fraction of sp³-hybridized carbons (Fsp3) is 0.200. The van der Waals surface area contributed by atoms with E-state index >= 15 is 0 Å². The van der Waals surface area contributed by atoms with E-state index in [1.165, 1.54) is 33.4 Å². The summed E-state index contributed by atoms with van der Waals surface area (Å²) in [5.41, 5.74) is 10.3. The summed E-state index contributed by atoms with van der Waals surface area (Å²) < 4.78 is 0. The van der Waals surface area contributed by atoms with Crippen LogP contribution in [0, 0.1) is 0 Å². The van der Waals surface area contributed by atoms with Gasteiger partial charge in [0.05, 0.1) is 0 Å². The first kappa shape index (κ1) is 19.6. The zero-order valence-electron chi connectivity index (χ0n) is 18.7. The Morgan fingerprint density at radius 2 is 1.03 bits per heavy atom. The Kier molecular flexibility index (Phi) is 4.51. The second-order valence-electron chi connectivity index (χ2n) is 9.62. The van der Waals surface area contributed by atoms with Gasteiger partial charge in [-0.1, -0.05) is 100 Å². The lowest BCUT2D eigenvalue weighted by molar-refractivity contribution is 0.299. The molecule has 31 heavy (non-hydrogen) atoms.